The molecule has 1 aliphatic rings. The van der Waals surface area contributed by atoms with Crippen LogP contribution in [0.25, 0.3) is 6.08 Å². The molecule has 204 valence electrons. The van der Waals surface area contributed by atoms with Crippen LogP contribution in [-0.4, -0.2) is 34.6 Å². The lowest BCUT2D eigenvalue weighted by atomic mass is 10.0. The number of aromatic carboxylic acids is 1. The number of carbonyl (C=O) groups is 3. The van der Waals surface area contributed by atoms with Gasteiger partial charge in [0.2, 0.25) is 0 Å². The van der Waals surface area contributed by atoms with Gasteiger partial charge in [0.25, 0.3) is 11.8 Å². The van der Waals surface area contributed by atoms with Crippen LogP contribution in [0.15, 0.2) is 78.9 Å². The third-order valence-corrected chi connectivity index (χ3v) is 6.16. The van der Waals surface area contributed by atoms with Gasteiger partial charge < -0.3 is 14.6 Å². The van der Waals surface area contributed by atoms with Crippen molar-refractivity contribution in [1.82, 2.24) is 5.32 Å². The van der Waals surface area contributed by atoms with Gasteiger partial charge in [-0.1, -0.05) is 24.3 Å². The Morgan fingerprint density at radius 3 is 2.55 bits per heavy atom. The lowest BCUT2D eigenvalue weighted by Gasteiger charge is -2.29. The zero-order valence-electron chi connectivity index (χ0n) is 21.5. The smallest absolute Gasteiger partial charge is 0.335 e. The molecule has 0 bridgehead atoms. The van der Waals surface area contributed by atoms with Crippen molar-refractivity contribution in [2.75, 3.05) is 11.5 Å². The molecular weight excluding hydrogens is 535 g/mol. The summed E-state index contributed by atoms with van der Waals surface area (Å²) in [5, 5.41) is 11.7. The van der Waals surface area contributed by atoms with Gasteiger partial charge in [-0.2, -0.15) is 0 Å². The minimum absolute atomic E-state index is 0.0396. The first kappa shape index (κ1) is 28.2. The number of thiocarbonyl (C=S) groups is 1. The van der Waals surface area contributed by atoms with Gasteiger partial charge in [0.1, 0.15) is 18.0 Å². The second-order valence-electron chi connectivity index (χ2n) is 8.66. The van der Waals surface area contributed by atoms with Gasteiger partial charge in [-0.15, -0.1) is 6.58 Å². The molecule has 40 heavy (non-hydrogen) atoms. The van der Waals surface area contributed by atoms with Gasteiger partial charge in [0.05, 0.1) is 17.9 Å². The Hall–Kier alpha value is -4.83. The third kappa shape index (κ3) is 6.24. The SMILES string of the molecule is C=CCc1cc(C=C2C(=O)NC(=S)N(c3cccc(C(=O)O)c3)C2=O)cc(OCC)c1OCc1ccc(F)cc1. The molecule has 10 heteroatoms. The first-order valence-corrected chi connectivity index (χ1v) is 12.6. The maximum Gasteiger partial charge on any atom is 0.335 e. The number of allylic oxidation sites excluding steroid dienone is 1. The second kappa shape index (κ2) is 12.4. The van der Waals surface area contributed by atoms with Gasteiger partial charge in [-0.05, 0) is 85.2 Å². The van der Waals surface area contributed by atoms with Crippen molar-refractivity contribution in [1.29, 1.82) is 0 Å². The lowest BCUT2D eigenvalue weighted by Crippen LogP contribution is -2.54. The molecule has 1 heterocycles. The summed E-state index contributed by atoms with van der Waals surface area (Å²) in [5.41, 5.74) is 1.89. The number of anilines is 1. The number of nitrogens with zero attached hydrogens (tertiary/aromatic N) is 1. The van der Waals surface area contributed by atoms with E-state index in [9.17, 15) is 23.9 Å². The Labute approximate surface area is 235 Å². The number of hydrogen-bond acceptors (Lipinski definition) is 6. The standard InChI is InChI=1S/C30H25FN2O6S/c1-3-6-20-13-19(15-25(38-4-2)26(20)39-17-18-9-11-22(31)12-10-18)14-24-27(34)32-30(40)33(28(24)35)23-8-5-7-21(16-23)29(36)37/h3,5,7-16H,1,4,6,17H2,2H3,(H,36,37)(H,32,34,40). The predicted octanol–water partition coefficient (Wildman–Crippen LogP) is 5.06. The van der Waals surface area contributed by atoms with E-state index < -0.39 is 17.8 Å². The zero-order valence-corrected chi connectivity index (χ0v) is 22.3. The van der Waals surface area contributed by atoms with Crippen molar-refractivity contribution in [3.8, 4) is 11.5 Å². The number of hydrogen-bond donors (Lipinski definition) is 2. The maximum absolute atomic E-state index is 13.5. The maximum atomic E-state index is 13.5. The molecule has 0 saturated carbocycles. The van der Waals surface area contributed by atoms with Crippen molar-refractivity contribution >= 4 is 46.9 Å². The summed E-state index contributed by atoms with van der Waals surface area (Å²) in [4.78, 5) is 38.8. The van der Waals surface area contributed by atoms with Crippen molar-refractivity contribution in [2.45, 2.75) is 20.0 Å². The van der Waals surface area contributed by atoms with E-state index in [1.165, 1.54) is 42.5 Å². The van der Waals surface area contributed by atoms with Gasteiger partial charge in [-0.3, -0.25) is 19.8 Å². The second-order valence-corrected chi connectivity index (χ2v) is 9.05. The molecule has 0 radical (unpaired) electrons. The topological polar surface area (TPSA) is 105 Å². The fourth-order valence-corrected chi connectivity index (χ4v) is 4.35. The van der Waals surface area contributed by atoms with Gasteiger partial charge in [0, 0.05) is 5.56 Å². The van der Waals surface area contributed by atoms with E-state index in [1.54, 1.807) is 30.3 Å². The highest BCUT2D eigenvalue weighted by molar-refractivity contribution is 7.80. The monoisotopic (exact) mass is 560 g/mol. The molecular formula is C30H25FN2O6S. The van der Waals surface area contributed by atoms with Crippen LogP contribution in [0.3, 0.4) is 0 Å². The lowest BCUT2D eigenvalue weighted by molar-refractivity contribution is -0.122. The number of benzene rings is 3. The number of nitrogens with one attached hydrogen (secondary N) is 1. The Morgan fingerprint density at radius 1 is 1.12 bits per heavy atom. The van der Waals surface area contributed by atoms with Crippen LogP contribution < -0.4 is 19.7 Å². The van der Waals surface area contributed by atoms with E-state index in [0.29, 0.717) is 35.7 Å². The molecule has 0 atom stereocenters. The molecule has 1 saturated heterocycles. The number of carboxylic acid groups (broad SMARTS) is 1. The normalized spacial score (nSPS) is 14.2. The number of ether oxygens (including phenoxy) is 2. The molecule has 1 fully saturated rings. The number of halogens is 1. The van der Waals surface area contributed by atoms with E-state index >= 15 is 0 Å². The molecule has 0 unspecified atom stereocenters. The molecule has 4 rings (SSSR count). The highest BCUT2D eigenvalue weighted by Crippen LogP contribution is 2.36. The summed E-state index contributed by atoms with van der Waals surface area (Å²) < 4.78 is 25.2. The summed E-state index contributed by atoms with van der Waals surface area (Å²) in [7, 11) is 0. The highest BCUT2D eigenvalue weighted by atomic mass is 32.1. The molecule has 0 aromatic heterocycles. The number of rotatable bonds is 10. The summed E-state index contributed by atoms with van der Waals surface area (Å²) in [6.45, 7) is 6.10. The minimum Gasteiger partial charge on any atom is -0.490 e. The number of amides is 2. The summed E-state index contributed by atoms with van der Waals surface area (Å²) in [5.74, 6) is -2.07. The van der Waals surface area contributed by atoms with Gasteiger partial charge in [-0.25, -0.2) is 9.18 Å². The molecule has 8 nitrogen and oxygen atoms in total. The average molecular weight is 561 g/mol. The highest BCUT2D eigenvalue weighted by Gasteiger charge is 2.35. The predicted molar refractivity (Wildman–Crippen MR) is 152 cm³/mol. The summed E-state index contributed by atoms with van der Waals surface area (Å²) in [6, 6.07) is 15.0. The Kier molecular flexibility index (Phi) is 8.70. The Balaban J connectivity index is 1.72. The average Bonchev–Trinajstić information content (AvgIpc) is 2.92. The van der Waals surface area contributed by atoms with Crippen LogP contribution in [0.5, 0.6) is 11.5 Å². The van der Waals surface area contributed by atoms with Crippen LogP contribution in [0.2, 0.25) is 0 Å². The zero-order chi connectivity index (χ0) is 28.8. The van der Waals surface area contributed by atoms with Crippen molar-refractivity contribution < 1.29 is 33.4 Å². The minimum atomic E-state index is -1.17. The molecule has 2 N–H and O–H groups in total. The third-order valence-electron chi connectivity index (χ3n) is 5.88. The van der Waals surface area contributed by atoms with E-state index in [1.807, 2.05) is 6.92 Å². The quantitative estimate of drug-likeness (QED) is 0.155. The van der Waals surface area contributed by atoms with E-state index in [0.717, 1.165) is 10.5 Å². The van der Waals surface area contributed by atoms with Crippen LogP contribution in [0.4, 0.5) is 10.1 Å². The Morgan fingerprint density at radius 2 is 1.88 bits per heavy atom. The van der Waals surface area contributed by atoms with E-state index in [-0.39, 0.29) is 34.4 Å². The molecule has 3 aromatic carbocycles. The van der Waals surface area contributed by atoms with Crippen LogP contribution in [0, 0.1) is 5.82 Å². The fraction of sp³-hybridized carbons (Fsp3) is 0.133. The van der Waals surface area contributed by atoms with Crippen molar-refractivity contribution in [2.24, 2.45) is 0 Å². The van der Waals surface area contributed by atoms with E-state index in [2.05, 4.69) is 11.9 Å². The van der Waals surface area contributed by atoms with Crippen LogP contribution in [-0.2, 0) is 22.6 Å². The van der Waals surface area contributed by atoms with Crippen molar-refractivity contribution in [3.63, 3.8) is 0 Å². The van der Waals surface area contributed by atoms with Crippen LogP contribution >= 0.6 is 12.2 Å². The Bertz CT molecular complexity index is 1530. The molecule has 0 aliphatic carbocycles. The number of carboxylic acids is 1. The number of carbonyl (C=O) groups excluding carboxylic acids is 2. The van der Waals surface area contributed by atoms with E-state index in [4.69, 9.17) is 21.7 Å². The molecule has 2 amide bonds. The van der Waals surface area contributed by atoms with Crippen molar-refractivity contribution in [3.05, 3.63) is 107 Å². The molecule has 3 aromatic rings. The summed E-state index contributed by atoms with van der Waals surface area (Å²) >= 11 is 5.22. The first-order chi connectivity index (χ1) is 19.2. The molecule has 0 spiro atoms. The van der Waals surface area contributed by atoms with Gasteiger partial charge in [0.15, 0.2) is 16.6 Å². The van der Waals surface area contributed by atoms with Crippen LogP contribution in [0.1, 0.15) is 34.0 Å². The fourth-order valence-electron chi connectivity index (χ4n) is 4.07. The molecule has 1 aliphatic heterocycles. The first-order valence-electron chi connectivity index (χ1n) is 12.2. The largest absolute Gasteiger partial charge is 0.490 e. The van der Waals surface area contributed by atoms with Gasteiger partial charge >= 0.3 is 5.97 Å². The summed E-state index contributed by atoms with van der Waals surface area (Å²) in [6.07, 6.45) is 3.49.